The SMILES string of the molecule is Cc1cn2c(n1)CCC(NC(=O)CCc1c(C)noc1Cl)C2. The minimum absolute atomic E-state index is 0.0296. The molecule has 0 radical (unpaired) electrons. The first-order chi connectivity index (χ1) is 10.5. The number of rotatable bonds is 4. The van der Waals surface area contributed by atoms with Crippen LogP contribution in [0.1, 0.15) is 35.6 Å². The fourth-order valence-electron chi connectivity index (χ4n) is 2.88. The Morgan fingerprint density at radius 2 is 2.36 bits per heavy atom. The van der Waals surface area contributed by atoms with Gasteiger partial charge in [0.25, 0.3) is 0 Å². The molecule has 0 saturated carbocycles. The normalized spacial score (nSPS) is 17.3. The van der Waals surface area contributed by atoms with Gasteiger partial charge in [-0.05, 0) is 38.3 Å². The quantitative estimate of drug-likeness (QED) is 0.936. The maximum atomic E-state index is 12.1. The molecule has 0 fully saturated rings. The average Bonchev–Trinajstić information content (AvgIpc) is 2.98. The van der Waals surface area contributed by atoms with Crippen molar-refractivity contribution in [1.82, 2.24) is 20.0 Å². The van der Waals surface area contributed by atoms with Crippen molar-refractivity contribution in [3.63, 3.8) is 0 Å². The Morgan fingerprint density at radius 1 is 1.55 bits per heavy atom. The van der Waals surface area contributed by atoms with Crippen molar-refractivity contribution in [2.75, 3.05) is 0 Å². The summed E-state index contributed by atoms with van der Waals surface area (Å²) in [6.45, 7) is 4.60. The molecule has 1 N–H and O–H groups in total. The highest BCUT2D eigenvalue weighted by Gasteiger charge is 2.21. The van der Waals surface area contributed by atoms with Gasteiger partial charge in [-0.1, -0.05) is 5.16 Å². The molecular weight excluding hydrogens is 304 g/mol. The summed E-state index contributed by atoms with van der Waals surface area (Å²) in [5, 5.41) is 7.16. The number of hydrogen-bond donors (Lipinski definition) is 1. The first kappa shape index (κ1) is 15.1. The lowest BCUT2D eigenvalue weighted by molar-refractivity contribution is -0.122. The Bertz CT molecular complexity index is 672. The fourth-order valence-corrected chi connectivity index (χ4v) is 3.15. The van der Waals surface area contributed by atoms with Crippen LogP contribution >= 0.6 is 11.6 Å². The van der Waals surface area contributed by atoms with E-state index >= 15 is 0 Å². The number of imidazole rings is 1. The lowest BCUT2D eigenvalue weighted by Gasteiger charge is -2.24. The number of fused-ring (bicyclic) bond motifs is 1. The van der Waals surface area contributed by atoms with Crippen LogP contribution in [0.15, 0.2) is 10.7 Å². The Morgan fingerprint density at radius 3 is 3.09 bits per heavy atom. The van der Waals surface area contributed by atoms with Gasteiger partial charge in [-0.25, -0.2) is 4.98 Å². The van der Waals surface area contributed by atoms with E-state index in [-0.39, 0.29) is 17.2 Å². The molecule has 118 valence electrons. The number of aryl methyl sites for hydroxylation is 3. The van der Waals surface area contributed by atoms with E-state index in [9.17, 15) is 4.79 Å². The summed E-state index contributed by atoms with van der Waals surface area (Å²) in [5.41, 5.74) is 2.58. The van der Waals surface area contributed by atoms with Crippen LogP contribution in [0.3, 0.4) is 0 Å². The van der Waals surface area contributed by atoms with E-state index in [1.165, 1.54) is 0 Å². The molecule has 1 aliphatic heterocycles. The molecule has 0 bridgehead atoms. The van der Waals surface area contributed by atoms with Gasteiger partial charge in [0.2, 0.25) is 11.1 Å². The van der Waals surface area contributed by atoms with Crippen LogP contribution < -0.4 is 5.32 Å². The van der Waals surface area contributed by atoms with Gasteiger partial charge in [0.1, 0.15) is 5.82 Å². The number of hydrogen-bond acceptors (Lipinski definition) is 4. The third-order valence-corrected chi connectivity index (χ3v) is 4.31. The molecular formula is C15H19ClN4O2. The van der Waals surface area contributed by atoms with Gasteiger partial charge in [-0.15, -0.1) is 0 Å². The summed E-state index contributed by atoms with van der Waals surface area (Å²) < 4.78 is 7.02. The summed E-state index contributed by atoms with van der Waals surface area (Å²) >= 11 is 5.91. The first-order valence-electron chi connectivity index (χ1n) is 7.45. The fraction of sp³-hybridized carbons (Fsp3) is 0.533. The van der Waals surface area contributed by atoms with E-state index in [1.807, 2.05) is 20.0 Å². The largest absolute Gasteiger partial charge is 0.352 e. The van der Waals surface area contributed by atoms with Gasteiger partial charge in [-0.3, -0.25) is 4.79 Å². The molecule has 0 spiro atoms. The van der Waals surface area contributed by atoms with Crippen molar-refractivity contribution in [3.05, 3.63) is 34.2 Å². The van der Waals surface area contributed by atoms with Crippen LogP contribution in [-0.4, -0.2) is 26.7 Å². The Hall–Kier alpha value is -1.82. The van der Waals surface area contributed by atoms with Gasteiger partial charge in [0.15, 0.2) is 0 Å². The Labute approximate surface area is 133 Å². The van der Waals surface area contributed by atoms with Crippen LogP contribution in [0.5, 0.6) is 0 Å². The van der Waals surface area contributed by atoms with Crippen molar-refractivity contribution in [1.29, 1.82) is 0 Å². The average molecular weight is 323 g/mol. The second-order valence-corrected chi connectivity index (χ2v) is 6.12. The summed E-state index contributed by atoms with van der Waals surface area (Å²) in [5.74, 6) is 1.14. The number of aromatic nitrogens is 3. The Balaban J connectivity index is 1.52. The van der Waals surface area contributed by atoms with E-state index in [4.69, 9.17) is 16.1 Å². The molecule has 0 aliphatic carbocycles. The first-order valence-corrected chi connectivity index (χ1v) is 7.83. The number of halogens is 1. The molecule has 7 heteroatoms. The van der Waals surface area contributed by atoms with Crippen LogP contribution in [0.25, 0.3) is 0 Å². The van der Waals surface area contributed by atoms with Gasteiger partial charge in [-0.2, -0.15) is 0 Å². The topological polar surface area (TPSA) is 73.0 Å². The third-order valence-electron chi connectivity index (χ3n) is 4.02. The van der Waals surface area contributed by atoms with Crippen molar-refractivity contribution >= 4 is 17.5 Å². The molecule has 1 unspecified atom stereocenters. The standard InChI is InChI=1S/C15H19ClN4O2/c1-9-7-20-8-11(3-5-13(20)17-9)18-14(21)6-4-12-10(2)19-22-15(12)16/h7,11H,3-6,8H2,1-2H3,(H,18,21). The van der Waals surface area contributed by atoms with Crippen LogP contribution in [0, 0.1) is 13.8 Å². The highest BCUT2D eigenvalue weighted by Crippen LogP contribution is 2.20. The second kappa shape index (κ2) is 6.12. The maximum Gasteiger partial charge on any atom is 0.229 e. The molecule has 6 nitrogen and oxygen atoms in total. The van der Waals surface area contributed by atoms with E-state index in [0.29, 0.717) is 12.8 Å². The monoisotopic (exact) mass is 322 g/mol. The zero-order valence-corrected chi connectivity index (χ0v) is 13.5. The number of carbonyl (C=O) groups is 1. The minimum Gasteiger partial charge on any atom is -0.352 e. The second-order valence-electron chi connectivity index (χ2n) is 5.77. The van der Waals surface area contributed by atoms with E-state index in [1.54, 1.807) is 0 Å². The van der Waals surface area contributed by atoms with Crippen molar-refractivity contribution in [2.45, 2.75) is 52.1 Å². The molecule has 1 aliphatic rings. The maximum absolute atomic E-state index is 12.1. The van der Waals surface area contributed by atoms with Gasteiger partial charge < -0.3 is 14.4 Å². The number of nitrogens with zero attached hydrogens (tertiary/aromatic N) is 3. The molecule has 22 heavy (non-hydrogen) atoms. The van der Waals surface area contributed by atoms with Crippen LogP contribution in [0.2, 0.25) is 5.22 Å². The van der Waals surface area contributed by atoms with Crippen molar-refractivity contribution < 1.29 is 9.32 Å². The number of carbonyl (C=O) groups excluding carboxylic acids is 1. The molecule has 1 atom stereocenters. The third kappa shape index (κ3) is 3.16. The lowest BCUT2D eigenvalue weighted by Crippen LogP contribution is -2.41. The predicted molar refractivity (Wildman–Crippen MR) is 81.8 cm³/mol. The molecule has 0 saturated heterocycles. The summed E-state index contributed by atoms with van der Waals surface area (Å²) in [6, 6.07) is 0.160. The van der Waals surface area contributed by atoms with Crippen LogP contribution in [0.4, 0.5) is 0 Å². The minimum atomic E-state index is 0.0296. The van der Waals surface area contributed by atoms with Crippen LogP contribution in [-0.2, 0) is 24.2 Å². The Kier molecular flexibility index (Phi) is 4.20. The van der Waals surface area contributed by atoms with Gasteiger partial charge in [0, 0.05) is 37.2 Å². The summed E-state index contributed by atoms with van der Waals surface area (Å²) in [7, 11) is 0. The zero-order valence-electron chi connectivity index (χ0n) is 12.7. The van der Waals surface area contributed by atoms with Gasteiger partial charge in [0.05, 0.1) is 11.4 Å². The molecule has 0 aromatic carbocycles. The summed E-state index contributed by atoms with van der Waals surface area (Å²) in [4.78, 5) is 16.6. The molecule has 1 amide bonds. The molecule has 2 aromatic rings. The predicted octanol–water partition coefficient (Wildman–Crippen LogP) is 2.21. The zero-order chi connectivity index (χ0) is 15.7. The van der Waals surface area contributed by atoms with Crippen molar-refractivity contribution in [2.24, 2.45) is 0 Å². The molecule has 2 aromatic heterocycles. The number of amides is 1. The van der Waals surface area contributed by atoms with Gasteiger partial charge >= 0.3 is 0 Å². The van der Waals surface area contributed by atoms with Crippen molar-refractivity contribution in [3.8, 4) is 0 Å². The van der Waals surface area contributed by atoms with E-state index in [2.05, 4.69) is 20.0 Å². The molecule has 3 heterocycles. The van der Waals surface area contributed by atoms with E-state index < -0.39 is 0 Å². The van der Waals surface area contributed by atoms with E-state index in [0.717, 1.165) is 42.2 Å². The summed E-state index contributed by atoms with van der Waals surface area (Å²) in [6.07, 6.45) is 4.79. The highest BCUT2D eigenvalue weighted by atomic mass is 35.5. The molecule has 3 rings (SSSR count). The highest BCUT2D eigenvalue weighted by molar-refractivity contribution is 6.29. The number of nitrogens with one attached hydrogen (secondary N) is 1. The smallest absolute Gasteiger partial charge is 0.229 e. The lowest BCUT2D eigenvalue weighted by atomic mass is 10.1.